The van der Waals surface area contributed by atoms with E-state index in [1.807, 2.05) is 6.20 Å². The van der Waals surface area contributed by atoms with Gasteiger partial charge in [-0.2, -0.15) is 0 Å². The Kier molecular flexibility index (Phi) is 4.32. The van der Waals surface area contributed by atoms with Gasteiger partial charge >= 0.3 is 0 Å². The van der Waals surface area contributed by atoms with Gasteiger partial charge in [-0.15, -0.1) is 11.3 Å². The molecule has 90 valence electrons. The van der Waals surface area contributed by atoms with Crippen molar-refractivity contribution in [3.8, 4) is 0 Å². The lowest BCUT2D eigenvalue weighted by Gasteiger charge is -2.30. The van der Waals surface area contributed by atoms with E-state index in [2.05, 4.69) is 29.5 Å². The maximum absolute atomic E-state index is 4.35. The molecule has 0 aliphatic carbocycles. The van der Waals surface area contributed by atoms with E-state index >= 15 is 0 Å². The van der Waals surface area contributed by atoms with E-state index < -0.39 is 0 Å². The van der Waals surface area contributed by atoms with Crippen LogP contribution in [0.25, 0.3) is 0 Å². The lowest BCUT2D eigenvalue weighted by molar-refractivity contribution is 0.290. The van der Waals surface area contributed by atoms with Crippen molar-refractivity contribution in [2.24, 2.45) is 5.92 Å². The number of thiazole rings is 1. The standard InChI is InChI=1S/C12H21N3S/c1-9-4-3-5-14-11(9)7-13-8-12-15-6-10(2)16-12/h6,9,11,13-14H,3-5,7-8H2,1-2H3. The minimum absolute atomic E-state index is 0.634. The molecule has 0 aromatic carbocycles. The molecule has 1 aliphatic heterocycles. The Balaban J connectivity index is 1.71. The van der Waals surface area contributed by atoms with Crippen LogP contribution in [0.3, 0.4) is 0 Å². The smallest absolute Gasteiger partial charge is 0.107 e. The predicted molar refractivity (Wildman–Crippen MR) is 68.7 cm³/mol. The molecule has 1 aliphatic rings. The Morgan fingerprint density at radius 1 is 1.62 bits per heavy atom. The predicted octanol–water partition coefficient (Wildman–Crippen LogP) is 1.93. The van der Waals surface area contributed by atoms with Crippen LogP contribution in [0.5, 0.6) is 0 Å². The van der Waals surface area contributed by atoms with Crippen LogP contribution in [0, 0.1) is 12.8 Å². The SMILES string of the molecule is Cc1cnc(CNCC2NCCCC2C)s1. The molecule has 0 amide bonds. The zero-order valence-corrected chi connectivity index (χ0v) is 10.9. The zero-order valence-electron chi connectivity index (χ0n) is 10.1. The molecular weight excluding hydrogens is 218 g/mol. The molecule has 1 aromatic heterocycles. The van der Waals surface area contributed by atoms with Crippen molar-refractivity contribution >= 4 is 11.3 Å². The van der Waals surface area contributed by atoms with Crippen molar-refractivity contribution in [2.75, 3.05) is 13.1 Å². The number of nitrogens with one attached hydrogen (secondary N) is 2. The lowest BCUT2D eigenvalue weighted by atomic mass is 9.93. The van der Waals surface area contributed by atoms with Crippen molar-refractivity contribution in [2.45, 2.75) is 39.3 Å². The fourth-order valence-electron chi connectivity index (χ4n) is 2.20. The Morgan fingerprint density at radius 2 is 2.50 bits per heavy atom. The molecular formula is C12H21N3S. The van der Waals surface area contributed by atoms with Gasteiger partial charge in [-0.1, -0.05) is 6.92 Å². The van der Waals surface area contributed by atoms with Gasteiger partial charge in [0.05, 0.1) is 0 Å². The van der Waals surface area contributed by atoms with Crippen molar-refractivity contribution in [1.29, 1.82) is 0 Å². The van der Waals surface area contributed by atoms with Crippen LogP contribution in [0.2, 0.25) is 0 Å². The summed E-state index contributed by atoms with van der Waals surface area (Å²) >= 11 is 1.78. The van der Waals surface area contributed by atoms with Gasteiger partial charge in [-0.05, 0) is 32.2 Å². The largest absolute Gasteiger partial charge is 0.312 e. The summed E-state index contributed by atoms with van der Waals surface area (Å²) in [5.74, 6) is 0.791. The normalized spacial score (nSPS) is 25.9. The fourth-order valence-corrected chi connectivity index (χ4v) is 2.96. The van der Waals surface area contributed by atoms with Gasteiger partial charge in [0, 0.05) is 30.2 Å². The van der Waals surface area contributed by atoms with E-state index in [1.165, 1.54) is 29.3 Å². The maximum Gasteiger partial charge on any atom is 0.107 e. The third-order valence-corrected chi connectivity index (χ3v) is 4.15. The minimum atomic E-state index is 0.634. The molecule has 1 aromatic rings. The zero-order chi connectivity index (χ0) is 11.4. The van der Waals surface area contributed by atoms with Crippen molar-refractivity contribution in [3.05, 3.63) is 16.1 Å². The Morgan fingerprint density at radius 3 is 3.19 bits per heavy atom. The van der Waals surface area contributed by atoms with Crippen LogP contribution in [0.4, 0.5) is 0 Å². The maximum atomic E-state index is 4.35. The first-order valence-electron chi connectivity index (χ1n) is 6.11. The van der Waals surface area contributed by atoms with E-state index in [0.717, 1.165) is 19.0 Å². The van der Waals surface area contributed by atoms with Crippen molar-refractivity contribution in [1.82, 2.24) is 15.6 Å². The molecule has 3 nitrogen and oxygen atoms in total. The summed E-state index contributed by atoms with van der Waals surface area (Å²) in [6, 6.07) is 0.634. The average Bonchev–Trinajstić information content (AvgIpc) is 2.67. The van der Waals surface area contributed by atoms with Gasteiger partial charge in [0.15, 0.2) is 0 Å². The highest BCUT2D eigenvalue weighted by atomic mass is 32.1. The van der Waals surface area contributed by atoms with Crippen LogP contribution in [-0.2, 0) is 6.54 Å². The summed E-state index contributed by atoms with van der Waals surface area (Å²) in [5.41, 5.74) is 0. The number of piperidine rings is 1. The second kappa shape index (κ2) is 5.75. The molecule has 2 atom stereocenters. The molecule has 0 saturated carbocycles. The summed E-state index contributed by atoms with van der Waals surface area (Å²) < 4.78 is 0. The summed E-state index contributed by atoms with van der Waals surface area (Å²) in [7, 11) is 0. The summed E-state index contributed by atoms with van der Waals surface area (Å²) in [5, 5.41) is 8.28. The van der Waals surface area contributed by atoms with E-state index in [0.29, 0.717) is 6.04 Å². The molecule has 16 heavy (non-hydrogen) atoms. The molecule has 4 heteroatoms. The van der Waals surface area contributed by atoms with Gasteiger partial charge < -0.3 is 10.6 Å². The van der Waals surface area contributed by atoms with E-state index in [9.17, 15) is 0 Å². The molecule has 2 rings (SSSR count). The highest BCUT2D eigenvalue weighted by Crippen LogP contribution is 2.15. The van der Waals surface area contributed by atoms with E-state index in [-0.39, 0.29) is 0 Å². The number of hydrogen-bond donors (Lipinski definition) is 2. The van der Waals surface area contributed by atoms with Gasteiger partial charge in [-0.3, -0.25) is 0 Å². The fraction of sp³-hybridized carbons (Fsp3) is 0.750. The topological polar surface area (TPSA) is 37.0 Å². The molecule has 2 N–H and O–H groups in total. The van der Waals surface area contributed by atoms with Crippen LogP contribution >= 0.6 is 11.3 Å². The van der Waals surface area contributed by atoms with Crippen molar-refractivity contribution in [3.63, 3.8) is 0 Å². The minimum Gasteiger partial charge on any atom is -0.312 e. The summed E-state index contributed by atoms with van der Waals surface area (Å²) in [4.78, 5) is 5.65. The first kappa shape index (κ1) is 12.0. The molecule has 2 heterocycles. The van der Waals surface area contributed by atoms with E-state index in [1.54, 1.807) is 11.3 Å². The lowest BCUT2D eigenvalue weighted by Crippen LogP contribution is -2.46. The average molecular weight is 239 g/mol. The van der Waals surface area contributed by atoms with Gasteiger partial charge in [0.1, 0.15) is 5.01 Å². The summed E-state index contributed by atoms with van der Waals surface area (Å²) in [6.45, 7) is 7.58. The molecule has 2 unspecified atom stereocenters. The van der Waals surface area contributed by atoms with Crippen LogP contribution < -0.4 is 10.6 Å². The second-order valence-electron chi connectivity index (χ2n) is 4.68. The quantitative estimate of drug-likeness (QED) is 0.843. The Labute approximate surface area is 102 Å². The first-order valence-corrected chi connectivity index (χ1v) is 6.93. The first-order chi connectivity index (χ1) is 7.75. The Hall–Kier alpha value is -0.450. The van der Waals surface area contributed by atoms with Gasteiger partial charge in [0.2, 0.25) is 0 Å². The molecule has 0 radical (unpaired) electrons. The number of aryl methyl sites for hydroxylation is 1. The molecule has 0 spiro atoms. The van der Waals surface area contributed by atoms with Gasteiger partial charge in [0.25, 0.3) is 0 Å². The second-order valence-corrected chi connectivity index (χ2v) is 6.00. The van der Waals surface area contributed by atoms with E-state index in [4.69, 9.17) is 0 Å². The molecule has 0 bridgehead atoms. The third kappa shape index (κ3) is 3.27. The third-order valence-electron chi connectivity index (χ3n) is 3.24. The number of hydrogen-bond acceptors (Lipinski definition) is 4. The summed E-state index contributed by atoms with van der Waals surface area (Å²) in [6.07, 6.45) is 4.63. The highest BCUT2D eigenvalue weighted by Gasteiger charge is 2.19. The highest BCUT2D eigenvalue weighted by molar-refractivity contribution is 7.11. The molecule has 1 saturated heterocycles. The van der Waals surface area contributed by atoms with Gasteiger partial charge in [-0.25, -0.2) is 4.98 Å². The van der Waals surface area contributed by atoms with Crippen LogP contribution in [-0.4, -0.2) is 24.1 Å². The Bertz CT molecular complexity index is 324. The number of rotatable bonds is 4. The number of aromatic nitrogens is 1. The van der Waals surface area contributed by atoms with Crippen LogP contribution in [0.15, 0.2) is 6.20 Å². The molecule has 1 fully saturated rings. The number of nitrogens with zero attached hydrogens (tertiary/aromatic N) is 1. The monoisotopic (exact) mass is 239 g/mol. The van der Waals surface area contributed by atoms with Crippen molar-refractivity contribution < 1.29 is 0 Å². The van der Waals surface area contributed by atoms with Crippen LogP contribution in [0.1, 0.15) is 29.7 Å².